The number of amides is 1. The molecule has 0 fully saturated rings. The van der Waals surface area contributed by atoms with E-state index in [1.54, 1.807) is 0 Å². The molecule has 1 amide bonds. The van der Waals surface area contributed by atoms with Crippen LogP contribution in [-0.4, -0.2) is 32.8 Å². The van der Waals surface area contributed by atoms with Crippen molar-refractivity contribution in [1.29, 1.82) is 5.41 Å². The number of aliphatic hydroxyl groups excluding tert-OH is 1. The van der Waals surface area contributed by atoms with Crippen molar-refractivity contribution < 1.29 is 9.90 Å². The van der Waals surface area contributed by atoms with E-state index in [0.717, 1.165) is 22.2 Å². The SMILES string of the molecule is Cc1ccc(CC(CNC(=O)[C@H](C)O)n2c(=N)n(Cc3ccc(C)cc3)c3ccccc32)cc1. The summed E-state index contributed by atoms with van der Waals surface area (Å²) in [5.41, 5.74) is 6.95. The van der Waals surface area contributed by atoms with Gasteiger partial charge < -0.3 is 19.6 Å². The van der Waals surface area contributed by atoms with Crippen molar-refractivity contribution in [2.45, 2.75) is 45.9 Å². The third kappa shape index (κ3) is 5.13. The van der Waals surface area contributed by atoms with Gasteiger partial charge in [0.05, 0.1) is 23.6 Å². The Hall–Kier alpha value is -3.64. The number of carbonyl (C=O) groups is 1. The van der Waals surface area contributed by atoms with Gasteiger partial charge in [0.25, 0.3) is 0 Å². The highest BCUT2D eigenvalue weighted by Gasteiger charge is 2.21. The predicted molar refractivity (Wildman–Crippen MR) is 135 cm³/mol. The normalized spacial score (nSPS) is 13.1. The number of imidazole rings is 1. The van der Waals surface area contributed by atoms with Crippen LogP contribution in [0.2, 0.25) is 0 Å². The van der Waals surface area contributed by atoms with Crippen LogP contribution in [0, 0.1) is 19.3 Å². The first-order chi connectivity index (χ1) is 16.3. The number of aryl methyl sites for hydroxylation is 2. The molecule has 3 aromatic carbocycles. The summed E-state index contributed by atoms with van der Waals surface area (Å²) in [5.74, 6) is -0.413. The van der Waals surface area contributed by atoms with E-state index in [9.17, 15) is 9.90 Å². The van der Waals surface area contributed by atoms with E-state index in [2.05, 4.69) is 67.7 Å². The standard InChI is InChI=1S/C28H32N4O2/c1-19-8-12-22(13-9-19)16-24(17-30-27(34)21(3)33)32-26-7-5-4-6-25(26)31(28(32)29)18-23-14-10-20(2)11-15-23/h4-15,21,24,29,33H,16-18H2,1-3H3,(H,30,34)/t21-,24?/m0/s1. The molecule has 0 spiro atoms. The van der Waals surface area contributed by atoms with Crippen molar-refractivity contribution in [3.8, 4) is 0 Å². The molecule has 0 aliphatic carbocycles. The van der Waals surface area contributed by atoms with Crippen LogP contribution >= 0.6 is 0 Å². The van der Waals surface area contributed by atoms with Crippen molar-refractivity contribution in [3.05, 3.63) is 101 Å². The molecule has 176 valence electrons. The van der Waals surface area contributed by atoms with E-state index in [0.29, 0.717) is 25.1 Å². The molecule has 0 saturated carbocycles. The minimum absolute atomic E-state index is 0.193. The number of nitrogens with one attached hydrogen (secondary N) is 2. The van der Waals surface area contributed by atoms with Gasteiger partial charge >= 0.3 is 0 Å². The van der Waals surface area contributed by atoms with Crippen LogP contribution < -0.4 is 10.9 Å². The third-order valence-electron chi connectivity index (χ3n) is 6.23. The Balaban J connectivity index is 1.77. The van der Waals surface area contributed by atoms with Crippen LogP contribution in [-0.2, 0) is 17.8 Å². The highest BCUT2D eigenvalue weighted by molar-refractivity contribution is 5.80. The Morgan fingerprint density at radius 3 is 2.06 bits per heavy atom. The smallest absolute Gasteiger partial charge is 0.248 e. The van der Waals surface area contributed by atoms with Crippen LogP contribution in [0.1, 0.15) is 35.2 Å². The van der Waals surface area contributed by atoms with Crippen LogP contribution in [0.3, 0.4) is 0 Å². The van der Waals surface area contributed by atoms with Gasteiger partial charge in [-0.25, -0.2) is 0 Å². The summed E-state index contributed by atoms with van der Waals surface area (Å²) >= 11 is 0. The van der Waals surface area contributed by atoms with Crippen LogP contribution in [0.4, 0.5) is 0 Å². The predicted octanol–water partition coefficient (Wildman–Crippen LogP) is 3.87. The lowest BCUT2D eigenvalue weighted by molar-refractivity contribution is -0.128. The number of hydrogen-bond acceptors (Lipinski definition) is 3. The molecule has 1 aromatic heterocycles. The van der Waals surface area contributed by atoms with Gasteiger partial charge in [-0.1, -0.05) is 71.8 Å². The average molecular weight is 457 g/mol. The number of aromatic nitrogens is 2. The van der Waals surface area contributed by atoms with E-state index in [4.69, 9.17) is 5.41 Å². The minimum atomic E-state index is -1.08. The van der Waals surface area contributed by atoms with E-state index in [1.165, 1.54) is 18.1 Å². The molecule has 6 heteroatoms. The fraction of sp³-hybridized carbons (Fsp3) is 0.286. The lowest BCUT2D eigenvalue weighted by Crippen LogP contribution is -2.40. The summed E-state index contributed by atoms with van der Waals surface area (Å²) in [6, 6.07) is 24.5. The summed E-state index contributed by atoms with van der Waals surface area (Å²) in [7, 11) is 0. The van der Waals surface area contributed by atoms with Gasteiger partial charge in [0.2, 0.25) is 11.5 Å². The Bertz CT molecular complexity index is 1330. The Morgan fingerprint density at radius 2 is 1.47 bits per heavy atom. The molecule has 4 rings (SSSR count). The summed E-state index contributed by atoms with van der Waals surface area (Å²) in [4.78, 5) is 12.2. The maximum absolute atomic E-state index is 12.2. The first kappa shape index (κ1) is 23.5. The van der Waals surface area contributed by atoms with E-state index in [1.807, 2.05) is 33.4 Å². The summed E-state index contributed by atoms with van der Waals surface area (Å²) in [6.45, 7) is 6.48. The van der Waals surface area contributed by atoms with Crippen molar-refractivity contribution in [3.63, 3.8) is 0 Å². The van der Waals surface area contributed by atoms with Crippen LogP contribution in [0.25, 0.3) is 11.0 Å². The molecular formula is C28H32N4O2. The topological polar surface area (TPSA) is 83.0 Å². The molecule has 6 nitrogen and oxygen atoms in total. The lowest BCUT2D eigenvalue weighted by atomic mass is 10.0. The minimum Gasteiger partial charge on any atom is -0.384 e. The second kappa shape index (κ2) is 10.1. The van der Waals surface area contributed by atoms with Gasteiger partial charge in [-0.3, -0.25) is 10.2 Å². The van der Waals surface area contributed by atoms with E-state index in [-0.39, 0.29) is 6.04 Å². The molecule has 1 unspecified atom stereocenters. The highest BCUT2D eigenvalue weighted by atomic mass is 16.3. The van der Waals surface area contributed by atoms with Gasteiger partial charge in [0.1, 0.15) is 6.10 Å². The van der Waals surface area contributed by atoms with Crippen LogP contribution in [0.15, 0.2) is 72.8 Å². The van der Waals surface area contributed by atoms with Gasteiger partial charge in [-0.15, -0.1) is 0 Å². The van der Waals surface area contributed by atoms with Gasteiger partial charge in [-0.2, -0.15) is 0 Å². The molecule has 4 aromatic rings. The van der Waals surface area contributed by atoms with E-state index >= 15 is 0 Å². The molecule has 0 aliphatic rings. The van der Waals surface area contributed by atoms with Crippen LogP contribution in [0.5, 0.6) is 0 Å². The summed E-state index contributed by atoms with van der Waals surface area (Å²) in [5, 5.41) is 21.7. The number of carbonyl (C=O) groups excluding carboxylic acids is 1. The fourth-order valence-electron chi connectivity index (χ4n) is 4.28. The molecule has 0 saturated heterocycles. The van der Waals surface area contributed by atoms with Gasteiger partial charge in [-0.05, 0) is 50.5 Å². The molecule has 3 N–H and O–H groups in total. The number of rotatable bonds is 8. The maximum atomic E-state index is 12.2. The number of fused-ring (bicyclic) bond motifs is 1. The van der Waals surface area contributed by atoms with E-state index < -0.39 is 12.0 Å². The van der Waals surface area contributed by atoms with Crippen molar-refractivity contribution in [1.82, 2.24) is 14.5 Å². The molecule has 0 aliphatic heterocycles. The maximum Gasteiger partial charge on any atom is 0.248 e. The van der Waals surface area contributed by atoms with Crippen molar-refractivity contribution in [2.75, 3.05) is 6.54 Å². The number of hydrogen-bond donors (Lipinski definition) is 3. The monoisotopic (exact) mass is 456 g/mol. The fourth-order valence-corrected chi connectivity index (χ4v) is 4.28. The number of para-hydroxylation sites is 2. The summed E-state index contributed by atoms with van der Waals surface area (Å²) in [6.07, 6.45) is -0.432. The molecule has 34 heavy (non-hydrogen) atoms. The largest absolute Gasteiger partial charge is 0.384 e. The highest BCUT2D eigenvalue weighted by Crippen LogP contribution is 2.21. The quantitative estimate of drug-likeness (QED) is 0.376. The Labute approximate surface area is 200 Å². The third-order valence-corrected chi connectivity index (χ3v) is 6.23. The Kier molecular flexibility index (Phi) is 6.98. The van der Waals surface area contributed by atoms with Crippen molar-refractivity contribution in [2.24, 2.45) is 0 Å². The summed E-state index contributed by atoms with van der Waals surface area (Å²) < 4.78 is 4.02. The molecule has 2 atom stereocenters. The zero-order valence-corrected chi connectivity index (χ0v) is 20.0. The van der Waals surface area contributed by atoms with Gasteiger partial charge in [0.15, 0.2) is 0 Å². The Morgan fingerprint density at radius 1 is 0.912 bits per heavy atom. The average Bonchev–Trinajstić information content (AvgIpc) is 3.10. The lowest BCUT2D eigenvalue weighted by Gasteiger charge is -2.21. The number of aliphatic hydroxyl groups is 1. The molecule has 0 bridgehead atoms. The second-order valence-corrected chi connectivity index (χ2v) is 9.02. The first-order valence-corrected chi connectivity index (χ1v) is 11.6. The first-order valence-electron chi connectivity index (χ1n) is 11.6. The van der Waals surface area contributed by atoms with Gasteiger partial charge in [0, 0.05) is 6.54 Å². The zero-order valence-electron chi connectivity index (χ0n) is 20.0. The number of nitrogens with zero attached hydrogens (tertiary/aromatic N) is 2. The molecule has 0 radical (unpaired) electrons. The second-order valence-electron chi connectivity index (χ2n) is 9.02. The molecule has 1 heterocycles. The molecular weight excluding hydrogens is 424 g/mol. The zero-order chi connectivity index (χ0) is 24.2. The van der Waals surface area contributed by atoms with Crippen molar-refractivity contribution >= 4 is 16.9 Å². The number of benzene rings is 3.